The second-order valence-corrected chi connectivity index (χ2v) is 6.11. The van der Waals surface area contributed by atoms with Crippen LogP contribution in [0.5, 0.6) is 0 Å². The van der Waals surface area contributed by atoms with Crippen LogP contribution >= 0.6 is 0 Å². The zero-order chi connectivity index (χ0) is 14.4. The molecule has 2 aliphatic rings. The molecule has 1 saturated carbocycles. The molecule has 3 heteroatoms. The summed E-state index contributed by atoms with van der Waals surface area (Å²) in [5.41, 5.74) is 0. The van der Waals surface area contributed by atoms with Crippen LogP contribution in [0, 0.1) is 5.92 Å². The summed E-state index contributed by atoms with van der Waals surface area (Å²) < 4.78 is 0. The second-order valence-electron chi connectivity index (χ2n) is 6.11. The summed E-state index contributed by atoms with van der Waals surface area (Å²) in [6, 6.07) is 0.513. The number of carbonyl (C=O) groups is 1. The second kappa shape index (κ2) is 7.63. The molecule has 1 aliphatic carbocycles. The Morgan fingerprint density at radius 2 is 1.75 bits per heavy atom. The molecule has 0 N–H and O–H groups in total. The number of nitrogens with zero attached hydrogens (tertiary/aromatic N) is 2. The molecule has 1 aliphatic heterocycles. The van der Waals surface area contributed by atoms with Crippen LogP contribution in [0.4, 0.5) is 0 Å². The Morgan fingerprint density at radius 1 is 1.10 bits per heavy atom. The van der Waals surface area contributed by atoms with E-state index in [1.54, 1.807) is 0 Å². The van der Waals surface area contributed by atoms with Gasteiger partial charge in [0, 0.05) is 25.7 Å². The standard InChI is InChI=1S/C17H28N2O/c1-3-11-18(12-4-2)14-17(20)19-13-7-9-15-8-5-6-10-16(15)19/h3-4,15-16H,1-2,5-14H2. The van der Waals surface area contributed by atoms with Crippen LogP contribution in [-0.2, 0) is 4.79 Å². The molecule has 20 heavy (non-hydrogen) atoms. The summed E-state index contributed by atoms with van der Waals surface area (Å²) in [5, 5.41) is 0. The van der Waals surface area contributed by atoms with Crippen LogP contribution in [0.1, 0.15) is 38.5 Å². The Morgan fingerprint density at radius 3 is 2.45 bits per heavy atom. The normalized spacial score (nSPS) is 26.1. The van der Waals surface area contributed by atoms with Gasteiger partial charge in [-0.05, 0) is 31.6 Å². The predicted octanol–water partition coefficient (Wildman–Crippen LogP) is 2.84. The van der Waals surface area contributed by atoms with Gasteiger partial charge in [0.05, 0.1) is 6.54 Å². The van der Waals surface area contributed by atoms with Crippen molar-refractivity contribution in [3.63, 3.8) is 0 Å². The summed E-state index contributed by atoms with van der Waals surface area (Å²) in [5.74, 6) is 1.05. The lowest BCUT2D eigenvalue weighted by atomic mass is 9.78. The van der Waals surface area contributed by atoms with Crippen LogP contribution in [0.3, 0.4) is 0 Å². The van der Waals surface area contributed by atoms with Crippen LogP contribution in [0.2, 0.25) is 0 Å². The first-order chi connectivity index (χ1) is 9.76. The minimum absolute atomic E-state index is 0.297. The molecule has 2 rings (SSSR count). The van der Waals surface area contributed by atoms with Crippen molar-refractivity contribution in [1.82, 2.24) is 9.80 Å². The quantitative estimate of drug-likeness (QED) is 0.697. The predicted molar refractivity (Wildman–Crippen MR) is 83.5 cm³/mol. The average molecular weight is 276 g/mol. The minimum atomic E-state index is 0.297. The van der Waals surface area contributed by atoms with Gasteiger partial charge in [0.1, 0.15) is 0 Å². The molecule has 2 atom stereocenters. The fourth-order valence-electron chi connectivity index (χ4n) is 3.79. The molecule has 0 aromatic rings. The number of fused-ring (bicyclic) bond motifs is 1. The summed E-state index contributed by atoms with van der Waals surface area (Å²) in [6.07, 6.45) is 11.4. The zero-order valence-electron chi connectivity index (χ0n) is 12.6. The van der Waals surface area contributed by atoms with Crippen molar-refractivity contribution >= 4 is 5.91 Å². The highest BCUT2D eigenvalue weighted by atomic mass is 16.2. The molecule has 3 nitrogen and oxygen atoms in total. The summed E-state index contributed by atoms with van der Waals surface area (Å²) in [4.78, 5) is 16.9. The maximum absolute atomic E-state index is 12.6. The number of hydrogen-bond donors (Lipinski definition) is 0. The van der Waals surface area contributed by atoms with Crippen LogP contribution in [0.15, 0.2) is 25.3 Å². The largest absolute Gasteiger partial charge is 0.338 e. The molecule has 2 fully saturated rings. The zero-order valence-corrected chi connectivity index (χ0v) is 12.6. The van der Waals surface area contributed by atoms with E-state index in [-0.39, 0.29) is 0 Å². The van der Waals surface area contributed by atoms with E-state index in [0.29, 0.717) is 18.5 Å². The van der Waals surface area contributed by atoms with E-state index in [9.17, 15) is 4.79 Å². The number of piperidine rings is 1. The molecule has 0 bridgehead atoms. The first kappa shape index (κ1) is 15.3. The molecule has 0 spiro atoms. The molecule has 1 heterocycles. The van der Waals surface area contributed by atoms with E-state index in [1.165, 1.54) is 38.5 Å². The third kappa shape index (κ3) is 3.72. The third-order valence-corrected chi connectivity index (χ3v) is 4.70. The number of amides is 1. The van der Waals surface area contributed by atoms with Gasteiger partial charge in [-0.15, -0.1) is 13.2 Å². The third-order valence-electron chi connectivity index (χ3n) is 4.70. The molecule has 1 saturated heterocycles. The van der Waals surface area contributed by atoms with Gasteiger partial charge < -0.3 is 4.90 Å². The first-order valence-electron chi connectivity index (χ1n) is 8.00. The summed E-state index contributed by atoms with van der Waals surface area (Å²) in [7, 11) is 0. The van der Waals surface area contributed by atoms with Crippen molar-refractivity contribution in [2.24, 2.45) is 5.92 Å². The minimum Gasteiger partial charge on any atom is -0.338 e. The molecular weight excluding hydrogens is 248 g/mol. The lowest BCUT2D eigenvalue weighted by Gasteiger charge is -2.44. The van der Waals surface area contributed by atoms with Crippen molar-refractivity contribution in [2.45, 2.75) is 44.6 Å². The molecule has 0 aromatic carbocycles. The van der Waals surface area contributed by atoms with Crippen molar-refractivity contribution in [3.05, 3.63) is 25.3 Å². The number of rotatable bonds is 6. The number of carbonyl (C=O) groups excluding carboxylic acids is 1. The van der Waals surface area contributed by atoms with Gasteiger partial charge in [0.2, 0.25) is 5.91 Å². The van der Waals surface area contributed by atoms with Gasteiger partial charge in [-0.3, -0.25) is 9.69 Å². The van der Waals surface area contributed by atoms with Gasteiger partial charge in [0.15, 0.2) is 0 Å². The molecule has 1 amide bonds. The molecule has 0 aromatic heterocycles. The highest BCUT2D eigenvalue weighted by Gasteiger charge is 2.35. The van der Waals surface area contributed by atoms with Crippen molar-refractivity contribution < 1.29 is 4.79 Å². The lowest BCUT2D eigenvalue weighted by molar-refractivity contribution is -0.138. The van der Waals surface area contributed by atoms with Gasteiger partial charge in [-0.2, -0.15) is 0 Å². The van der Waals surface area contributed by atoms with E-state index in [4.69, 9.17) is 0 Å². The Kier molecular flexibility index (Phi) is 5.84. The fourth-order valence-corrected chi connectivity index (χ4v) is 3.79. The maximum Gasteiger partial charge on any atom is 0.237 e. The van der Waals surface area contributed by atoms with E-state index >= 15 is 0 Å². The van der Waals surface area contributed by atoms with Crippen molar-refractivity contribution in [3.8, 4) is 0 Å². The highest BCUT2D eigenvalue weighted by Crippen LogP contribution is 2.35. The molecule has 112 valence electrons. The van der Waals surface area contributed by atoms with Crippen LogP contribution in [-0.4, -0.2) is 47.9 Å². The molecule has 2 unspecified atom stereocenters. The molecule has 0 radical (unpaired) electrons. The Bertz CT molecular complexity index is 341. The Labute approximate surface area is 123 Å². The number of hydrogen-bond acceptors (Lipinski definition) is 2. The van der Waals surface area contributed by atoms with Crippen LogP contribution in [0.25, 0.3) is 0 Å². The Hall–Kier alpha value is -1.09. The van der Waals surface area contributed by atoms with Gasteiger partial charge in [-0.1, -0.05) is 25.0 Å². The van der Waals surface area contributed by atoms with Gasteiger partial charge in [-0.25, -0.2) is 0 Å². The molecular formula is C17H28N2O. The highest BCUT2D eigenvalue weighted by molar-refractivity contribution is 5.78. The number of likely N-dealkylation sites (tertiary alicyclic amines) is 1. The van der Waals surface area contributed by atoms with Crippen molar-refractivity contribution in [1.29, 1.82) is 0 Å². The summed E-state index contributed by atoms with van der Waals surface area (Å²) >= 11 is 0. The average Bonchev–Trinajstić information content (AvgIpc) is 2.47. The maximum atomic E-state index is 12.6. The first-order valence-corrected chi connectivity index (χ1v) is 8.00. The lowest BCUT2D eigenvalue weighted by Crippen LogP contribution is -2.52. The van der Waals surface area contributed by atoms with Crippen LogP contribution < -0.4 is 0 Å². The SMILES string of the molecule is C=CCN(CC=C)CC(=O)N1CCCC2CCCCC21. The van der Waals surface area contributed by atoms with E-state index in [1.807, 2.05) is 12.2 Å². The van der Waals surface area contributed by atoms with E-state index < -0.39 is 0 Å². The van der Waals surface area contributed by atoms with Crippen molar-refractivity contribution in [2.75, 3.05) is 26.2 Å². The van der Waals surface area contributed by atoms with Gasteiger partial charge in [0.25, 0.3) is 0 Å². The van der Waals surface area contributed by atoms with E-state index in [0.717, 1.165) is 25.6 Å². The monoisotopic (exact) mass is 276 g/mol. The fraction of sp³-hybridized carbons (Fsp3) is 0.706. The topological polar surface area (TPSA) is 23.6 Å². The van der Waals surface area contributed by atoms with Gasteiger partial charge >= 0.3 is 0 Å². The smallest absolute Gasteiger partial charge is 0.237 e. The van der Waals surface area contributed by atoms with E-state index in [2.05, 4.69) is 23.0 Å². The Balaban J connectivity index is 1.95. The summed E-state index contributed by atoms with van der Waals surface area (Å²) in [6.45, 7) is 10.5.